The van der Waals surface area contributed by atoms with Crippen LogP contribution in [-0.2, 0) is 14.8 Å². The number of nitrogens with one attached hydrogen (secondary N) is 2. The van der Waals surface area contributed by atoms with Crippen molar-refractivity contribution >= 4 is 28.0 Å². The van der Waals surface area contributed by atoms with Crippen LogP contribution in [0.15, 0.2) is 47.4 Å². The first-order valence-electron chi connectivity index (χ1n) is 14.2. The quantitative estimate of drug-likeness (QED) is 0.254. The van der Waals surface area contributed by atoms with E-state index >= 15 is 0 Å². The molecule has 1 amide bonds. The zero-order chi connectivity index (χ0) is 33.7. The predicted molar refractivity (Wildman–Crippen MR) is 172 cm³/mol. The van der Waals surface area contributed by atoms with Gasteiger partial charge in [-0.2, -0.15) is 4.98 Å². The molecule has 0 saturated carbocycles. The Morgan fingerprint density at radius 1 is 1.00 bits per heavy atom. The summed E-state index contributed by atoms with van der Waals surface area (Å²) >= 11 is 0. The molecule has 0 bridgehead atoms. The van der Waals surface area contributed by atoms with Crippen LogP contribution < -0.4 is 14.8 Å². The summed E-state index contributed by atoms with van der Waals surface area (Å²) in [5, 5.41) is 12.2. The number of sulfonamides is 1. The first-order valence-corrected chi connectivity index (χ1v) is 15.7. The van der Waals surface area contributed by atoms with E-state index in [1.165, 1.54) is 25.3 Å². The minimum absolute atomic E-state index is 0.0760. The number of carbonyl (C=O) groups excluding carboxylic acids is 1. The number of ether oxygens (including phenoxy) is 2. The van der Waals surface area contributed by atoms with E-state index in [9.17, 15) is 23.1 Å². The van der Waals surface area contributed by atoms with Crippen molar-refractivity contribution in [3.63, 3.8) is 0 Å². The number of alkyl carbamates (subject to hydrolysis) is 1. The molecule has 0 aliphatic heterocycles. The number of hydrogen-bond acceptors (Lipinski definition) is 8. The van der Waals surface area contributed by atoms with Crippen LogP contribution in [0.4, 0.5) is 10.7 Å². The van der Waals surface area contributed by atoms with Gasteiger partial charge in [-0.1, -0.05) is 51.0 Å². The third kappa shape index (κ3) is 9.68. The molecule has 3 N–H and O–H groups in total. The second kappa shape index (κ2) is 13.6. The number of rotatable bonds is 8. The van der Waals surface area contributed by atoms with Crippen LogP contribution in [0.1, 0.15) is 75.1 Å². The fourth-order valence-electron chi connectivity index (χ4n) is 4.46. The number of carbonyl (C=O) groups is 2. The lowest BCUT2D eigenvalue weighted by Crippen LogP contribution is -2.40. The highest BCUT2D eigenvalue weighted by molar-refractivity contribution is 7.92. The monoisotopic (exact) mass is 636 g/mol. The third-order valence-electron chi connectivity index (χ3n) is 6.28. The number of hydrogen-bond donors (Lipinski definition) is 3. The molecule has 3 aromatic rings. The van der Waals surface area contributed by atoms with E-state index in [2.05, 4.69) is 31.8 Å². The van der Waals surface area contributed by atoms with Gasteiger partial charge in [-0.3, -0.25) is 0 Å². The molecule has 1 heterocycles. The average Bonchev–Trinajstić information content (AvgIpc) is 2.89. The SMILES string of the molecule is COc1c(C#C[C@@H](CC(C)(C)C)NC(=O)OC(C)(C)C)nc(NS(=O)(=O)c2cccc(C(=O)O)c2)nc1-c1c(C)cccc1C. The van der Waals surface area contributed by atoms with E-state index in [-0.39, 0.29) is 33.3 Å². The van der Waals surface area contributed by atoms with Crippen LogP contribution in [0.3, 0.4) is 0 Å². The summed E-state index contributed by atoms with van der Waals surface area (Å²) in [6, 6.07) is 9.95. The lowest BCUT2D eigenvalue weighted by Gasteiger charge is -2.25. The Morgan fingerprint density at radius 3 is 2.18 bits per heavy atom. The van der Waals surface area contributed by atoms with Gasteiger partial charge in [0.25, 0.3) is 10.0 Å². The van der Waals surface area contributed by atoms with Crippen LogP contribution in [0, 0.1) is 31.1 Å². The number of nitrogens with zero attached hydrogens (tertiary/aromatic N) is 2. The molecular formula is C33H40N4O7S. The minimum atomic E-state index is -4.31. The highest BCUT2D eigenvalue weighted by Gasteiger charge is 2.25. The normalized spacial score (nSPS) is 12.4. The number of aromatic carboxylic acids is 1. The summed E-state index contributed by atoms with van der Waals surface area (Å²) < 4.78 is 40.3. The van der Waals surface area contributed by atoms with Crippen molar-refractivity contribution in [2.24, 2.45) is 5.41 Å². The molecule has 0 aliphatic carbocycles. The van der Waals surface area contributed by atoms with E-state index in [1.54, 1.807) is 20.8 Å². The Bertz CT molecular complexity index is 1740. The molecule has 1 atom stereocenters. The Balaban J connectivity index is 2.21. The fourth-order valence-corrected chi connectivity index (χ4v) is 5.45. The number of anilines is 1. The summed E-state index contributed by atoms with van der Waals surface area (Å²) in [5.74, 6) is 4.68. The van der Waals surface area contributed by atoms with Gasteiger partial charge in [-0.25, -0.2) is 27.7 Å². The van der Waals surface area contributed by atoms with Crippen molar-refractivity contribution in [2.45, 2.75) is 78.3 Å². The summed E-state index contributed by atoms with van der Waals surface area (Å²) in [5.41, 5.74) is 1.65. The molecule has 0 saturated heterocycles. The van der Waals surface area contributed by atoms with Crippen LogP contribution in [0.5, 0.6) is 5.75 Å². The Kier molecular flexibility index (Phi) is 10.5. The van der Waals surface area contributed by atoms with E-state index in [1.807, 2.05) is 52.8 Å². The molecule has 0 fully saturated rings. The summed E-state index contributed by atoms with van der Waals surface area (Å²) in [6.07, 6.45) is -0.163. The van der Waals surface area contributed by atoms with Crippen molar-refractivity contribution in [2.75, 3.05) is 11.8 Å². The van der Waals surface area contributed by atoms with Gasteiger partial charge < -0.3 is 19.9 Å². The maximum absolute atomic E-state index is 13.4. The van der Waals surface area contributed by atoms with Gasteiger partial charge in [-0.15, -0.1) is 0 Å². The maximum Gasteiger partial charge on any atom is 0.408 e. The highest BCUT2D eigenvalue weighted by atomic mass is 32.2. The Labute approximate surface area is 264 Å². The average molecular weight is 637 g/mol. The molecule has 0 unspecified atom stereocenters. The first kappa shape index (κ1) is 34.9. The predicted octanol–water partition coefficient (Wildman–Crippen LogP) is 5.95. The molecule has 0 aliphatic rings. The largest absolute Gasteiger partial charge is 0.492 e. The minimum Gasteiger partial charge on any atom is -0.492 e. The van der Waals surface area contributed by atoms with Gasteiger partial charge in [0.1, 0.15) is 11.3 Å². The molecule has 1 aromatic heterocycles. The van der Waals surface area contributed by atoms with Gasteiger partial charge in [0, 0.05) is 5.56 Å². The van der Waals surface area contributed by atoms with Crippen LogP contribution in [0.2, 0.25) is 0 Å². The lowest BCUT2D eigenvalue weighted by molar-refractivity contribution is 0.0507. The van der Waals surface area contributed by atoms with E-state index in [4.69, 9.17) is 9.47 Å². The Hall–Kier alpha value is -4.63. The molecular weight excluding hydrogens is 596 g/mol. The van der Waals surface area contributed by atoms with Gasteiger partial charge in [-0.05, 0) is 81.7 Å². The molecule has 12 heteroatoms. The maximum atomic E-state index is 13.4. The van der Waals surface area contributed by atoms with Gasteiger partial charge in [0.15, 0.2) is 11.4 Å². The first-order chi connectivity index (χ1) is 20.8. The van der Waals surface area contributed by atoms with E-state index in [0.717, 1.165) is 17.2 Å². The Morgan fingerprint density at radius 2 is 1.62 bits per heavy atom. The van der Waals surface area contributed by atoms with E-state index < -0.39 is 33.7 Å². The van der Waals surface area contributed by atoms with Crippen LogP contribution >= 0.6 is 0 Å². The van der Waals surface area contributed by atoms with Crippen LogP contribution in [-0.4, -0.2) is 54.3 Å². The molecule has 11 nitrogen and oxygen atoms in total. The van der Waals surface area contributed by atoms with Gasteiger partial charge in [0.05, 0.1) is 23.6 Å². The van der Waals surface area contributed by atoms with Crippen molar-refractivity contribution in [1.82, 2.24) is 15.3 Å². The molecule has 2 aromatic carbocycles. The standard InChI is InChI=1S/C33H40N4O7S/c1-20-12-10-13-21(2)26(20)27-28(43-9)25(17-16-23(19-32(3,4)5)34-31(40)44-33(6,7)8)35-30(36-27)37-45(41,42)24-15-11-14-22(18-24)29(38)39/h10-15,18,23H,19H2,1-9H3,(H,34,40)(H,38,39)(H,35,36,37)/t23-/m0/s1. The summed E-state index contributed by atoms with van der Waals surface area (Å²) in [4.78, 5) is 32.8. The van der Waals surface area contributed by atoms with Crippen molar-refractivity contribution in [3.8, 4) is 28.8 Å². The number of carboxylic acid groups (broad SMARTS) is 1. The van der Waals surface area contributed by atoms with Crippen molar-refractivity contribution in [1.29, 1.82) is 0 Å². The van der Waals surface area contributed by atoms with E-state index in [0.29, 0.717) is 17.7 Å². The number of amides is 1. The topological polar surface area (TPSA) is 157 Å². The smallest absolute Gasteiger partial charge is 0.408 e. The number of aryl methyl sites for hydroxylation is 2. The molecule has 3 rings (SSSR count). The van der Waals surface area contributed by atoms with Crippen molar-refractivity contribution in [3.05, 3.63) is 64.8 Å². The third-order valence-corrected chi connectivity index (χ3v) is 7.60. The summed E-state index contributed by atoms with van der Waals surface area (Å²) in [6.45, 7) is 15.1. The molecule has 0 radical (unpaired) electrons. The second-order valence-electron chi connectivity index (χ2n) is 12.7. The zero-order valence-electron chi connectivity index (χ0n) is 27.0. The molecule has 0 spiro atoms. The fraction of sp³-hybridized carbons (Fsp3) is 0.394. The zero-order valence-corrected chi connectivity index (χ0v) is 27.8. The van der Waals surface area contributed by atoms with Gasteiger partial charge >= 0.3 is 12.1 Å². The van der Waals surface area contributed by atoms with Crippen molar-refractivity contribution < 1.29 is 32.6 Å². The lowest BCUT2D eigenvalue weighted by atomic mass is 9.88. The highest BCUT2D eigenvalue weighted by Crippen LogP contribution is 2.36. The van der Waals surface area contributed by atoms with Crippen LogP contribution in [0.25, 0.3) is 11.3 Å². The number of carboxylic acids is 1. The molecule has 240 valence electrons. The second-order valence-corrected chi connectivity index (χ2v) is 14.4. The summed E-state index contributed by atoms with van der Waals surface area (Å²) in [7, 11) is -2.88. The molecule has 45 heavy (non-hydrogen) atoms. The number of methoxy groups -OCH3 is 1. The van der Waals surface area contributed by atoms with Gasteiger partial charge in [0.2, 0.25) is 5.95 Å². The number of aromatic nitrogens is 2. The number of benzene rings is 2.